The zero-order valence-corrected chi connectivity index (χ0v) is 12.7. The molecule has 1 aromatic heterocycles. The van der Waals surface area contributed by atoms with Crippen LogP contribution in [0.2, 0.25) is 0 Å². The highest BCUT2D eigenvalue weighted by molar-refractivity contribution is 7.11. The molecule has 1 rings (SSSR count). The summed E-state index contributed by atoms with van der Waals surface area (Å²) >= 11 is 1.79. The summed E-state index contributed by atoms with van der Waals surface area (Å²) in [6.45, 7) is 14.8. The van der Waals surface area contributed by atoms with Crippen molar-refractivity contribution < 1.29 is 0 Å². The molecule has 0 aromatic carbocycles. The number of nitrogens with one attached hydrogen (secondary N) is 2. The summed E-state index contributed by atoms with van der Waals surface area (Å²) in [4.78, 5) is 5.79. The molecule has 0 aliphatic heterocycles. The third-order valence-electron chi connectivity index (χ3n) is 2.55. The number of thiazole rings is 1. The predicted octanol–water partition coefficient (Wildman–Crippen LogP) is 2.63. The smallest absolute Gasteiger partial charge is 0.0900 e. The van der Waals surface area contributed by atoms with Gasteiger partial charge < -0.3 is 10.6 Å². The first kappa shape index (κ1) is 14.6. The predicted molar refractivity (Wildman–Crippen MR) is 75.6 cm³/mol. The van der Waals surface area contributed by atoms with Crippen molar-refractivity contribution in [2.75, 3.05) is 6.54 Å². The van der Waals surface area contributed by atoms with E-state index in [0.29, 0.717) is 6.04 Å². The van der Waals surface area contributed by atoms with Crippen LogP contribution >= 0.6 is 11.3 Å². The number of aromatic nitrogens is 1. The Bertz CT molecular complexity index is 352. The zero-order chi connectivity index (χ0) is 13.1. The Morgan fingerprint density at radius 1 is 1.29 bits per heavy atom. The Balaban J connectivity index is 2.33. The van der Waals surface area contributed by atoms with E-state index >= 15 is 0 Å². The van der Waals surface area contributed by atoms with Crippen LogP contribution in [0, 0.1) is 13.8 Å². The van der Waals surface area contributed by atoms with E-state index in [0.717, 1.165) is 23.8 Å². The molecule has 1 heterocycles. The Kier molecular flexibility index (Phi) is 5.10. The summed E-state index contributed by atoms with van der Waals surface area (Å²) in [5.74, 6) is 0. The fourth-order valence-corrected chi connectivity index (χ4v) is 2.42. The second kappa shape index (κ2) is 5.94. The summed E-state index contributed by atoms with van der Waals surface area (Å²) < 4.78 is 0. The minimum absolute atomic E-state index is 0.187. The van der Waals surface area contributed by atoms with Gasteiger partial charge in [0, 0.05) is 29.5 Å². The fraction of sp³-hybridized carbons (Fsp3) is 0.769. The summed E-state index contributed by atoms with van der Waals surface area (Å²) in [5, 5.41) is 8.19. The van der Waals surface area contributed by atoms with Crippen molar-refractivity contribution in [1.82, 2.24) is 15.6 Å². The third kappa shape index (κ3) is 5.61. The van der Waals surface area contributed by atoms with Gasteiger partial charge in [0.25, 0.3) is 0 Å². The van der Waals surface area contributed by atoms with Crippen LogP contribution in [0.5, 0.6) is 0 Å². The molecule has 3 nitrogen and oxygen atoms in total. The molecule has 1 aromatic rings. The Labute approximate surface area is 109 Å². The SMILES string of the molecule is Cc1nc(C)c(CNC(C)CNC(C)(C)C)s1. The van der Waals surface area contributed by atoms with Crippen molar-refractivity contribution in [3.63, 3.8) is 0 Å². The molecule has 1 atom stereocenters. The first-order chi connectivity index (χ1) is 7.78. The lowest BCUT2D eigenvalue weighted by Gasteiger charge is -2.24. The monoisotopic (exact) mass is 255 g/mol. The van der Waals surface area contributed by atoms with Crippen molar-refractivity contribution >= 4 is 11.3 Å². The van der Waals surface area contributed by atoms with Crippen molar-refractivity contribution in [2.24, 2.45) is 0 Å². The van der Waals surface area contributed by atoms with Gasteiger partial charge in [-0.2, -0.15) is 0 Å². The van der Waals surface area contributed by atoms with Gasteiger partial charge in [0.05, 0.1) is 10.7 Å². The highest BCUT2D eigenvalue weighted by Crippen LogP contribution is 2.16. The minimum atomic E-state index is 0.187. The van der Waals surface area contributed by atoms with Gasteiger partial charge in [-0.1, -0.05) is 0 Å². The van der Waals surface area contributed by atoms with Gasteiger partial charge in [-0.3, -0.25) is 0 Å². The molecule has 0 aliphatic carbocycles. The second-order valence-electron chi connectivity index (χ2n) is 5.65. The maximum Gasteiger partial charge on any atom is 0.0900 e. The number of nitrogens with zero attached hydrogens (tertiary/aromatic N) is 1. The summed E-state index contributed by atoms with van der Waals surface area (Å²) in [7, 11) is 0. The normalized spacial score (nSPS) is 14.0. The number of rotatable bonds is 5. The number of hydrogen-bond donors (Lipinski definition) is 2. The maximum absolute atomic E-state index is 4.44. The van der Waals surface area contributed by atoms with Crippen molar-refractivity contribution in [1.29, 1.82) is 0 Å². The van der Waals surface area contributed by atoms with Gasteiger partial charge in [-0.05, 0) is 41.5 Å². The molecule has 0 bridgehead atoms. The van der Waals surface area contributed by atoms with E-state index in [9.17, 15) is 0 Å². The molecular weight excluding hydrogens is 230 g/mol. The van der Waals surface area contributed by atoms with Crippen LogP contribution < -0.4 is 10.6 Å². The molecule has 0 saturated carbocycles. The van der Waals surface area contributed by atoms with Crippen molar-refractivity contribution in [2.45, 2.75) is 59.7 Å². The summed E-state index contributed by atoms with van der Waals surface area (Å²) in [5.41, 5.74) is 1.35. The van der Waals surface area contributed by atoms with Crippen LogP contribution in [-0.2, 0) is 6.54 Å². The molecule has 0 radical (unpaired) electrons. The van der Waals surface area contributed by atoms with Crippen molar-refractivity contribution in [3.05, 3.63) is 15.6 Å². The van der Waals surface area contributed by atoms with E-state index in [-0.39, 0.29) is 5.54 Å². The molecule has 2 N–H and O–H groups in total. The van der Waals surface area contributed by atoms with E-state index < -0.39 is 0 Å². The van der Waals surface area contributed by atoms with Crippen molar-refractivity contribution in [3.8, 4) is 0 Å². The Morgan fingerprint density at radius 2 is 1.94 bits per heavy atom. The van der Waals surface area contributed by atoms with Gasteiger partial charge in [0.2, 0.25) is 0 Å². The van der Waals surface area contributed by atoms with E-state index in [1.165, 1.54) is 4.88 Å². The molecule has 0 fully saturated rings. The molecular formula is C13H25N3S. The van der Waals surface area contributed by atoms with Crippen LogP contribution in [0.25, 0.3) is 0 Å². The third-order valence-corrected chi connectivity index (χ3v) is 3.62. The minimum Gasteiger partial charge on any atom is -0.311 e. The van der Waals surface area contributed by atoms with E-state index in [4.69, 9.17) is 0 Å². The molecule has 0 amide bonds. The fourth-order valence-electron chi connectivity index (χ4n) is 1.54. The molecule has 4 heteroatoms. The van der Waals surface area contributed by atoms with Crippen LogP contribution in [-0.4, -0.2) is 23.1 Å². The van der Waals surface area contributed by atoms with E-state index in [1.807, 2.05) is 0 Å². The Hall–Kier alpha value is -0.450. The molecule has 0 spiro atoms. The maximum atomic E-state index is 4.44. The average molecular weight is 255 g/mol. The number of aryl methyl sites for hydroxylation is 2. The second-order valence-corrected chi connectivity index (χ2v) is 6.94. The van der Waals surface area contributed by atoms with E-state index in [2.05, 4.69) is 57.2 Å². The average Bonchev–Trinajstić information content (AvgIpc) is 2.50. The topological polar surface area (TPSA) is 37.0 Å². The van der Waals surface area contributed by atoms with Gasteiger partial charge in [-0.25, -0.2) is 4.98 Å². The summed E-state index contributed by atoms with van der Waals surface area (Å²) in [6.07, 6.45) is 0. The summed E-state index contributed by atoms with van der Waals surface area (Å²) in [6, 6.07) is 0.469. The Morgan fingerprint density at radius 3 is 2.41 bits per heavy atom. The molecule has 17 heavy (non-hydrogen) atoms. The van der Waals surface area contributed by atoms with Gasteiger partial charge in [0.15, 0.2) is 0 Å². The van der Waals surface area contributed by atoms with Crippen LogP contribution in [0.15, 0.2) is 0 Å². The first-order valence-electron chi connectivity index (χ1n) is 6.19. The first-order valence-corrected chi connectivity index (χ1v) is 7.01. The standard InChI is InChI=1S/C13H25N3S/c1-9(7-15-13(4,5)6)14-8-12-10(2)16-11(3)17-12/h9,14-15H,7-8H2,1-6H3. The molecule has 98 valence electrons. The lowest BCUT2D eigenvalue weighted by molar-refractivity contribution is 0.387. The highest BCUT2D eigenvalue weighted by Gasteiger charge is 2.11. The van der Waals surface area contributed by atoms with Gasteiger partial charge >= 0.3 is 0 Å². The largest absolute Gasteiger partial charge is 0.311 e. The van der Waals surface area contributed by atoms with Crippen LogP contribution in [0.1, 0.15) is 43.3 Å². The lowest BCUT2D eigenvalue weighted by atomic mass is 10.1. The van der Waals surface area contributed by atoms with Crippen LogP contribution in [0.4, 0.5) is 0 Å². The zero-order valence-electron chi connectivity index (χ0n) is 11.8. The van der Waals surface area contributed by atoms with Crippen LogP contribution in [0.3, 0.4) is 0 Å². The van der Waals surface area contributed by atoms with Gasteiger partial charge in [0.1, 0.15) is 0 Å². The molecule has 1 unspecified atom stereocenters. The molecule has 0 saturated heterocycles. The quantitative estimate of drug-likeness (QED) is 0.849. The highest BCUT2D eigenvalue weighted by atomic mass is 32.1. The lowest BCUT2D eigenvalue weighted by Crippen LogP contribution is -2.44. The van der Waals surface area contributed by atoms with E-state index in [1.54, 1.807) is 11.3 Å². The van der Waals surface area contributed by atoms with Gasteiger partial charge in [-0.15, -0.1) is 11.3 Å². The molecule has 0 aliphatic rings. The number of hydrogen-bond acceptors (Lipinski definition) is 4.